The van der Waals surface area contributed by atoms with Gasteiger partial charge >= 0.3 is 0 Å². The van der Waals surface area contributed by atoms with E-state index in [-0.39, 0.29) is 33.8 Å². The predicted octanol–water partition coefficient (Wildman–Crippen LogP) is 2.73. The molecule has 0 saturated heterocycles. The molecule has 114 valence electrons. The molecule has 1 aliphatic rings. The fraction of sp³-hybridized carbons (Fsp3) is 0.0667. The number of fused-ring (bicyclic) bond motifs is 2. The first-order chi connectivity index (χ1) is 10.4. The summed E-state index contributed by atoms with van der Waals surface area (Å²) in [4.78, 5) is 24.7. The van der Waals surface area contributed by atoms with E-state index in [1.807, 2.05) is 0 Å². The summed E-state index contributed by atoms with van der Waals surface area (Å²) in [6, 6.07) is 5.00. The molecule has 3 rings (SSSR count). The smallest absolute Gasteiger partial charge is 0.201 e. The Labute approximate surface area is 122 Å². The van der Waals surface area contributed by atoms with Crippen molar-refractivity contribution in [3.05, 3.63) is 52.1 Å². The highest BCUT2D eigenvalue weighted by atomic mass is 20.0. The van der Waals surface area contributed by atoms with Gasteiger partial charge in [-0.1, -0.05) is 0 Å². The topological polar surface area (TPSA) is 94.8 Å². The van der Waals surface area contributed by atoms with Crippen molar-refractivity contribution in [2.24, 2.45) is 0 Å². The molecule has 0 aromatic heterocycles. The molecule has 0 fully saturated rings. The molecule has 0 unspecified atom stereocenters. The lowest BCUT2D eigenvalue weighted by Crippen LogP contribution is -2.21. The summed E-state index contributed by atoms with van der Waals surface area (Å²) < 4.78 is 16.0. The van der Waals surface area contributed by atoms with Gasteiger partial charge < -0.3 is 15.3 Å². The molecule has 0 spiro atoms. The van der Waals surface area contributed by atoms with E-state index in [1.54, 1.807) is 6.92 Å². The lowest BCUT2D eigenvalue weighted by molar-refractivity contribution is 0.0974. The van der Waals surface area contributed by atoms with Crippen molar-refractivity contribution >= 4 is 11.6 Å². The number of aromatic hydroxyl groups is 3. The van der Waals surface area contributed by atoms with Crippen LogP contribution in [0.25, 0.3) is 0 Å². The molecule has 0 amide bonds. The number of phenolic OH excluding ortho intramolecular Hbond substituents is 3. The van der Waals surface area contributed by atoms with Crippen LogP contribution < -0.4 is 0 Å². The first-order valence-electron chi connectivity index (χ1n) is 6.03. The highest BCUT2D eigenvalue weighted by molar-refractivity contribution is 6.30. The monoisotopic (exact) mass is 308 g/mol. The van der Waals surface area contributed by atoms with Gasteiger partial charge in [0.15, 0.2) is 5.78 Å². The van der Waals surface area contributed by atoms with Crippen molar-refractivity contribution in [2.45, 2.75) is 6.92 Å². The van der Waals surface area contributed by atoms with Gasteiger partial charge in [0.2, 0.25) is 5.78 Å². The van der Waals surface area contributed by atoms with Gasteiger partial charge in [-0.25, -0.2) is 0 Å². The zero-order chi connectivity index (χ0) is 16.6. The molecule has 0 aliphatic heterocycles. The lowest BCUT2D eigenvalue weighted by atomic mass is 9.82. The zero-order valence-electron chi connectivity index (χ0n) is 11.2. The summed E-state index contributed by atoms with van der Waals surface area (Å²) >= 11 is 0. The molecule has 0 radical (unpaired) electrons. The maximum atomic E-state index is 12.4. The lowest BCUT2D eigenvalue weighted by Gasteiger charge is -2.19. The van der Waals surface area contributed by atoms with Gasteiger partial charge in [0, 0.05) is 26.3 Å². The molecule has 2 aromatic carbocycles. The quantitative estimate of drug-likeness (QED) is 0.593. The summed E-state index contributed by atoms with van der Waals surface area (Å²) in [7, 11) is 0. The first-order valence-corrected chi connectivity index (χ1v) is 6.03. The molecule has 0 heterocycles. The number of ketones is 2. The number of phenols is 3. The molecular formula is C15H10F2O5. The molecule has 0 saturated carbocycles. The highest BCUT2D eigenvalue weighted by Gasteiger charge is 2.34. The van der Waals surface area contributed by atoms with Gasteiger partial charge in [0.25, 0.3) is 0 Å². The second kappa shape index (κ2) is 5.44. The zero-order valence-corrected chi connectivity index (χ0v) is 11.2. The molecule has 2 aromatic rings. The number of benzene rings is 2. The van der Waals surface area contributed by atoms with Crippen LogP contribution in [0.4, 0.5) is 9.15 Å². The van der Waals surface area contributed by atoms with E-state index in [0.717, 1.165) is 12.1 Å². The minimum atomic E-state index is -0.635. The Morgan fingerprint density at radius 2 is 1.27 bits per heavy atom. The van der Waals surface area contributed by atoms with Crippen molar-refractivity contribution in [1.82, 2.24) is 0 Å². The van der Waals surface area contributed by atoms with E-state index in [2.05, 4.69) is 0 Å². The SMILES string of the molecule is Cc1cc(O)c2c(c1)C(=O)c1cc(O)cc(O)c1C2=O.FF. The Morgan fingerprint density at radius 1 is 0.773 bits per heavy atom. The van der Waals surface area contributed by atoms with Crippen LogP contribution in [0.3, 0.4) is 0 Å². The number of hydrogen-bond acceptors (Lipinski definition) is 5. The van der Waals surface area contributed by atoms with Crippen LogP contribution in [0.1, 0.15) is 37.4 Å². The van der Waals surface area contributed by atoms with Crippen LogP contribution in [0, 0.1) is 6.92 Å². The van der Waals surface area contributed by atoms with E-state index in [9.17, 15) is 24.9 Å². The molecule has 1 aliphatic carbocycles. The van der Waals surface area contributed by atoms with Crippen LogP contribution in [-0.2, 0) is 0 Å². The number of aryl methyl sites for hydroxylation is 1. The third kappa shape index (κ3) is 2.16. The highest BCUT2D eigenvalue weighted by Crippen LogP contribution is 2.38. The average molecular weight is 308 g/mol. The summed E-state index contributed by atoms with van der Waals surface area (Å²) in [6.07, 6.45) is 0. The summed E-state index contributed by atoms with van der Waals surface area (Å²) in [6.45, 7) is 1.69. The minimum absolute atomic E-state index is 0.0648. The van der Waals surface area contributed by atoms with Crippen molar-refractivity contribution in [1.29, 1.82) is 0 Å². The number of carbonyl (C=O) groups is 2. The van der Waals surface area contributed by atoms with Crippen molar-refractivity contribution < 1.29 is 34.1 Å². The Bertz CT molecular complexity index is 736. The second-order valence-corrected chi connectivity index (χ2v) is 4.75. The van der Waals surface area contributed by atoms with E-state index in [1.165, 1.54) is 12.1 Å². The van der Waals surface area contributed by atoms with Crippen LogP contribution in [-0.4, -0.2) is 26.9 Å². The molecule has 22 heavy (non-hydrogen) atoms. The summed E-state index contributed by atoms with van der Waals surface area (Å²) in [5, 5.41) is 29.1. The average Bonchev–Trinajstić information content (AvgIpc) is 2.45. The fourth-order valence-electron chi connectivity index (χ4n) is 2.48. The number of carbonyl (C=O) groups excluding carboxylic acids is 2. The molecule has 5 nitrogen and oxygen atoms in total. The van der Waals surface area contributed by atoms with Gasteiger partial charge in [-0.15, -0.1) is 0 Å². The Morgan fingerprint density at radius 3 is 1.86 bits per heavy atom. The molecule has 3 N–H and O–H groups in total. The molecule has 0 atom stereocenters. The Kier molecular flexibility index (Phi) is 3.81. The summed E-state index contributed by atoms with van der Waals surface area (Å²) in [5.41, 5.74) is 0.332. The van der Waals surface area contributed by atoms with Crippen LogP contribution in [0.2, 0.25) is 0 Å². The normalized spacial score (nSPS) is 12.1. The molecular weight excluding hydrogens is 298 g/mol. The number of hydrogen-bond donors (Lipinski definition) is 3. The van der Waals surface area contributed by atoms with Gasteiger partial charge in [0.05, 0.1) is 11.1 Å². The fourth-order valence-corrected chi connectivity index (χ4v) is 2.48. The van der Waals surface area contributed by atoms with Gasteiger partial charge in [-0.05, 0) is 30.7 Å². The second-order valence-electron chi connectivity index (χ2n) is 4.75. The maximum Gasteiger partial charge on any atom is 0.201 e. The van der Waals surface area contributed by atoms with E-state index < -0.39 is 17.3 Å². The number of rotatable bonds is 0. The van der Waals surface area contributed by atoms with Gasteiger partial charge in [-0.3, -0.25) is 9.59 Å². The molecule has 0 bridgehead atoms. The Balaban J connectivity index is 0.000000847. The third-order valence-corrected chi connectivity index (χ3v) is 3.31. The predicted molar refractivity (Wildman–Crippen MR) is 71.7 cm³/mol. The minimum Gasteiger partial charge on any atom is -0.508 e. The van der Waals surface area contributed by atoms with E-state index >= 15 is 0 Å². The van der Waals surface area contributed by atoms with Gasteiger partial charge in [0.1, 0.15) is 17.2 Å². The van der Waals surface area contributed by atoms with Crippen molar-refractivity contribution in [3.8, 4) is 17.2 Å². The molecule has 7 heteroatoms. The van der Waals surface area contributed by atoms with Crippen LogP contribution in [0.5, 0.6) is 17.2 Å². The maximum absolute atomic E-state index is 12.4. The van der Waals surface area contributed by atoms with Crippen molar-refractivity contribution in [2.75, 3.05) is 0 Å². The first kappa shape index (κ1) is 15.4. The standard InChI is InChI=1S/C15H10O5.F2/c1-6-2-8-12(10(17)3-6)15(20)13-9(14(8)19)4-7(16)5-11(13)18;1-2/h2-5,16-18H,1H3;. The van der Waals surface area contributed by atoms with Gasteiger partial charge in [-0.2, -0.15) is 0 Å². The van der Waals surface area contributed by atoms with Crippen LogP contribution >= 0.6 is 0 Å². The van der Waals surface area contributed by atoms with E-state index in [4.69, 9.17) is 9.15 Å². The van der Waals surface area contributed by atoms with Crippen LogP contribution in [0.15, 0.2) is 24.3 Å². The van der Waals surface area contributed by atoms with Crippen molar-refractivity contribution in [3.63, 3.8) is 0 Å². The number of halogens is 2. The Hall–Kier alpha value is -2.96. The largest absolute Gasteiger partial charge is 0.508 e. The van der Waals surface area contributed by atoms with E-state index in [0.29, 0.717) is 5.56 Å². The summed E-state index contributed by atoms with van der Waals surface area (Å²) in [5.74, 6) is -2.23. The third-order valence-electron chi connectivity index (χ3n) is 3.31.